The summed E-state index contributed by atoms with van der Waals surface area (Å²) in [7, 11) is -3.24. The number of piperidine rings is 1. The van der Waals surface area contributed by atoms with Gasteiger partial charge in [-0.3, -0.25) is 0 Å². The zero-order valence-electron chi connectivity index (χ0n) is 12.3. The highest BCUT2D eigenvalue weighted by atomic mass is 32.2. The van der Waals surface area contributed by atoms with Crippen LogP contribution >= 0.6 is 0 Å². The molecule has 20 heavy (non-hydrogen) atoms. The van der Waals surface area contributed by atoms with E-state index in [4.69, 9.17) is 5.73 Å². The van der Waals surface area contributed by atoms with Crippen LogP contribution in [-0.2, 0) is 10.2 Å². The van der Waals surface area contributed by atoms with E-state index in [2.05, 4.69) is 4.90 Å². The van der Waals surface area contributed by atoms with Crippen LogP contribution in [0.25, 0.3) is 0 Å². The van der Waals surface area contributed by atoms with Gasteiger partial charge in [0.15, 0.2) is 0 Å². The van der Waals surface area contributed by atoms with Crippen molar-refractivity contribution in [1.29, 1.82) is 0 Å². The highest BCUT2D eigenvalue weighted by Crippen LogP contribution is 2.18. The predicted molar refractivity (Wildman–Crippen MR) is 80.6 cm³/mol. The van der Waals surface area contributed by atoms with Crippen LogP contribution in [0.5, 0.6) is 0 Å². The first-order valence-corrected chi connectivity index (χ1v) is 9.22. The predicted octanol–water partition coefficient (Wildman–Crippen LogP) is 0.0736. The third-order valence-electron chi connectivity index (χ3n) is 4.19. The number of hydrogen-bond acceptors (Lipinski definition) is 4. The average molecular weight is 304 g/mol. The van der Waals surface area contributed by atoms with Gasteiger partial charge in [-0.1, -0.05) is 6.42 Å². The summed E-state index contributed by atoms with van der Waals surface area (Å²) in [5.74, 6) is 0. The molecule has 6 nitrogen and oxygen atoms in total. The molecule has 0 unspecified atom stereocenters. The standard InChI is InChI=1S/C13H28N4O2S/c14-6-4-7-15-8-5-11-17(13-12-15)20(18,19)16-9-2-1-3-10-16/h1-14H2. The fourth-order valence-corrected chi connectivity index (χ4v) is 4.69. The molecule has 0 aliphatic carbocycles. The van der Waals surface area contributed by atoms with Gasteiger partial charge in [0.05, 0.1) is 0 Å². The van der Waals surface area contributed by atoms with E-state index in [1.165, 1.54) is 0 Å². The summed E-state index contributed by atoms with van der Waals surface area (Å²) in [6, 6.07) is 0. The molecule has 2 fully saturated rings. The van der Waals surface area contributed by atoms with E-state index >= 15 is 0 Å². The Morgan fingerprint density at radius 3 is 2.15 bits per heavy atom. The lowest BCUT2D eigenvalue weighted by Gasteiger charge is -2.31. The molecule has 0 radical (unpaired) electrons. The van der Waals surface area contributed by atoms with Gasteiger partial charge in [0.1, 0.15) is 0 Å². The quantitative estimate of drug-likeness (QED) is 0.780. The molecular weight excluding hydrogens is 276 g/mol. The maximum Gasteiger partial charge on any atom is 0.282 e. The number of hydrogen-bond donors (Lipinski definition) is 1. The van der Waals surface area contributed by atoms with Gasteiger partial charge in [-0.05, 0) is 45.3 Å². The van der Waals surface area contributed by atoms with Crippen LogP contribution < -0.4 is 5.73 Å². The molecule has 2 aliphatic rings. The summed E-state index contributed by atoms with van der Waals surface area (Å²) >= 11 is 0. The molecule has 2 rings (SSSR count). The Morgan fingerprint density at radius 1 is 0.800 bits per heavy atom. The Morgan fingerprint density at radius 2 is 1.45 bits per heavy atom. The summed E-state index contributed by atoms with van der Waals surface area (Å²) in [4.78, 5) is 2.33. The van der Waals surface area contributed by atoms with Gasteiger partial charge in [0.25, 0.3) is 10.2 Å². The van der Waals surface area contributed by atoms with Crippen LogP contribution in [0.1, 0.15) is 32.1 Å². The zero-order chi connectivity index (χ0) is 14.4. The molecule has 2 N–H and O–H groups in total. The Bertz CT molecular complexity index is 382. The van der Waals surface area contributed by atoms with Gasteiger partial charge in [-0.25, -0.2) is 0 Å². The molecule has 2 heterocycles. The molecule has 0 aromatic heterocycles. The molecular formula is C13H28N4O2S. The second-order valence-electron chi connectivity index (χ2n) is 5.70. The van der Waals surface area contributed by atoms with Crippen molar-refractivity contribution < 1.29 is 8.42 Å². The molecule has 0 bridgehead atoms. The first kappa shape index (κ1) is 16.2. The second kappa shape index (κ2) is 7.70. The van der Waals surface area contributed by atoms with Crippen LogP contribution in [-0.4, -0.2) is 74.3 Å². The maximum atomic E-state index is 12.6. The number of nitrogens with zero attached hydrogens (tertiary/aromatic N) is 3. The van der Waals surface area contributed by atoms with Gasteiger partial charge >= 0.3 is 0 Å². The van der Waals surface area contributed by atoms with E-state index in [1.54, 1.807) is 8.61 Å². The highest BCUT2D eigenvalue weighted by Gasteiger charge is 2.31. The van der Waals surface area contributed by atoms with E-state index in [0.29, 0.717) is 32.7 Å². The van der Waals surface area contributed by atoms with E-state index in [9.17, 15) is 8.42 Å². The van der Waals surface area contributed by atoms with Crippen molar-refractivity contribution in [1.82, 2.24) is 13.5 Å². The molecule has 0 aromatic rings. The Balaban J connectivity index is 1.91. The molecule has 2 saturated heterocycles. The second-order valence-corrected chi connectivity index (χ2v) is 7.63. The fraction of sp³-hybridized carbons (Fsp3) is 1.00. The smallest absolute Gasteiger partial charge is 0.282 e. The average Bonchev–Trinajstić information content (AvgIpc) is 2.72. The monoisotopic (exact) mass is 304 g/mol. The van der Waals surface area contributed by atoms with Crippen LogP contribution in [0.3, 0.4) is 0 Å². The van der Waals surface area contributed by atoms with Gasteiger partial charge in [0, 0.05) is 32.7 Å². The van der Waals surface area contributed by atoms with Crippen molar-refractivity contribution in [2.45, 2.75) is 32.1 Å². The van der Waals surface area contributed by atoms with E-state index in [-0.39, 0.29) is 0 Å². The summed E-state index contributed by atoms with van der Waals surface area (Å²) in [6.45, 7) is 6.13. The number of rotatable bonds is 5. The molecule has 0 spiro atoms. The van der Waals surface area contributed by atoms with E-state index < -0.39 is 10.2 Å². The van der Waals surface area contributed by atoms with Crippen molar-refractivity contribution >= 4 is 10.2 Å². The molecule has 0 atom stereocenters. The molecule has 0 amide bonds. The van der Waals surface area contributed by atoms with Crippen molar-refractivity contribution in [3.05, 3.63) is 0 Å². The zero-order valence-corrected chi connectivity index (χ0v) is 13.2. The number of nitrogens with two attached hydrogens (primary N) is 1. The van der Waals surface area contributed by atoms with Crippen LogP contribution in [0.4, 0.5) is 0 Å². The van der Waals surface area contributed by atoms with E-state index in [1.807, 2.05) is 0 Å². The van der Waals surface area contributed by atoms with Gasteiger partial charge in [-0.2, -0.15) is 17.0 Å². The Hall–Kier alpha value is -0.210. The van der Waals surface area contributed by atoms with Crippen LogP contribution in [0.2, 0.25) is 0 Å². The summed E-state index contributed by atoms with van der Waals surface area (Å²) in [5.41, 5.74) is 5.54. The molecule has 0 aromatic carbocycles. The van der Waals surface area contributed by atoms with Crippen molar-refractivity contribution in [3.8, 4) is 0 Å². The lowest BCUT2D eigenvalue weighted by Crippen LogP contribution is -2.47. The first-order chi connectivity index (χ1) is 9.64. The Kier molecular flexibility index (Phi) is 6.22. The van der Waals surface area contributed by atoms with Gasteiger partial charge in [-0.15, -0.1) is 0 Å². The van der Waals surface area contributed by atoms with Crippen molar-refractivity contribution in [2.24, 2.45) is 5.73 Å². The maximum absolute atomic E-state index is 12.6. The van der Waals surface area contributed by atoms with Gasteiger partial charge in [0.2, 0.25) is 0 Å². The topological polar surface area (TPSA) is 69.9 Å². The van der Waals surface area contributed by atoms with Crippen LogP contribution in [0.15, 0.2) is 0 Å². The normalized spacial score (nSPS) is 24.6. The van der Waals surface area contributed by atoms with Crippen LogP contribution in [0, 0.1) is 0 Å². The SMILES string of the molecule is NCCCN1CCCN(S(=O)(=O)N2CCCCC2)CC1. The summed E-state index contributed by atoms with van der Waals surface area (Å²) in [6.07, 6.45) is 5.04. The highest BCUT2D eigenvalue weighted by molar-refractivity contribution is 7.86. The van der Waals surface area contributed by atoms with Crippen molar-refractivity contribution in [2.75, 3.05) is 52.4 Å². The third-order valence-corrected chi connectivity index (χ3v) is 6.23. The first-order valence-electron chi connectivity index (χ1n) is 7.82. The van der Waals surface area contributed by atoms with Crippen molar-refractivity contribution in [3.63, 3.8) is 0 Å². The summed E-state index contributed by atoms with van der Waals surface area (Å²) in [5, 5.41) is 0. The minimum Gasteiger partial charge on any atom is -0.330 e. The fourth-order valence-electron chi connectivity index (χ4n) is 2.98. The van der Waals surface area contributed by atoms with Gasteiger partial charge < -0.3 is 10.6 Å². The lowest BCUT2D eigenvalue weighted by atomic mass is 10.2. The molecule has 118 valence electrons. The molecule has 2 aliphatic heterocycles. The lowest BCUT2D eigenvalue weighted by molar-refractivity contribution is 0.277. The molecule has 7 heteroatoms. The largest absolute Gasteiger partial charge is 0.330 e. The summed E-state index contributed by atoms with van der Waals surface area (Å²) < 4.78 is 28.6. The minimum atomic E-state index is -3.24. The third kappa shape index (κ3) is 4.14. The van der Waals surface area contributed by atoms with E-state index in [0.717, 1.165) is 51.7 Å². The minimum absolute atomic E-state index is 0.614. The molecule has 0 saturated carbocycles. The Labute approximate surface area is 123 Å².